The lowest BCUT2D eigenvalue weighted by Crippen LogP contribution is -2.40. The summed E-state index contributed by atoms with van der Waals surface area (Å²) < 4.78 is 3.77. The van der Waals surface area contributed by atoms with Crippen LogP contribution in [0.25, 0.3) is 16.9 Å². The van der Waals surface area contributed by atoms with Gasteiger partial charge in [0.1, 0.15) is 11.3 Å². The van der Waals surface area contributed by atoms with E-state index in [1.165, 1.54) is 35.9 Å². The van der Waals surface area contributed by atoms with Gasteiger partial charge >= 0.3 is 0 Å². The van der Waals surface area contributed by atoms with Crippen LogP contribution in [0.3, 0.4) is 0 Å². The van der Waals surface area contributed by atoms with Gasteiger partial charge in [-0.3, -0.25) is 14.6 Å². The summed E-state index contributed by atoms with van der Waals surface area (Å²) >= 11 is 0. The Kier molecular flexibility index (Phi) is 6.02. The smallest absolute Gasteiger partial charge is 0.233 e. The van der Waals surface area contributed by atoms with Gasteiger partial charge in [0.05, 0.1) is 30.3 Å². The van der Waals surface area contributed by atoms with Crippen LogP contribution in [0.1, 0.15) is 49.8 Å². The molecule has 2 amide bonds. The second kappa shape index (κ2) is 9.62. The maximum atomic E-state index is 12.3. The fraction of sp³-hybridized carbons (Fsp3) is 0.385. The van der Waals surface area contributed by atoms with Gasteiger partial charge in [-0.25, -0.2) is 14.6 Å². The molecule has 0 radical (unpaired) electrons. The molecule has 1 aliphatic carbocycles. The van der Waals surface area contributed by atoms with Crippen molar-refractivity contribution in [3.63, 3.8) is 0 Å². The van der Waals surface area contributed by atoms with Crippen molar-refractivity contribution in [2.75, 3.05) is 11.4 Å². The molecule has 184 valence electrons. The van der Waals surface area contributed by atoms with Crippen LogP contribution in [0.15, 0.2) is 49.2 Å². The number of carbonyl (C=O) groups excluding carboxylic acids is 2. The Morgan fingerprint density at radius 3 is 2.67 bits per heavy atom. The Hall–Kier alpha value is -3.92. The van der Waals surface area contributed by atoms with Crippen molar-refractivity contribution >= 4 is 23.1 Å². The van der Waals surface area contributed by atoms with Crippen molar-refractivity contribution in [3.05, 3.63) is 60.4 Å². The first-order valence-electron chi connectivity index (χ1n) is 12.5. The quantitative estimate of drug-likeness (QED) is 0.383. The Bertz CT molecular complexity index is 1400. The first-order chi connectivity index (χ1) is 17.6. The predicted octanol–water partition coefficient (Wildman–Crippen LogP) is 2.97. The molecular formula is C26H28N8O2. The molecule has 1 N–H and O–H groups in total. The highest BCUT2D eigenvalue weighted by molar-refractivity contribution is 6.16. The Morgan fingerprint density at radius 1 is 1.00 bits per heavy atom. The zero-order valence-corrected chi connectivity index (χ0v) is 20.0. The maximum absolute atomic E-state index is 12.3. The molecule has 0 spiro atoms. The molecule has 2 aliphatic rings. The average Bonchev–Trinajstić information content (AvgIpc) is 3.47. The Balaban J connectivity index is 1.14. The van der Waals surface area contributed by atoms with E-state index in [2.05, 4.69) is 32.9 Å². The van der Waals surface area contributed by atoms with Crippen molar-refractivity contribution < 1.29 is 9.59 Å². The highest BCUT2D eigenvalue weighted by Gasteiger charge is 2.28. The summed E-state index contributed by atoms with van der Waals surface area (Å²) in [5, 5.41) is 12.1. The number of anilines is 1. The number of hydrogen-bond donors (Lipinski definition) is 1. The summed E-state index contributed by atoms with van der Waals surface area (Å²) in [5.41, 5.74) is 4.77. The van der Waals surface area contributed by atoms with Gasteiger partial charge in [0.2, 0.25) is 11.8 Å². The summed E-state index contributed by atoms with van der Waals surface area (Å²) in [5.74, 6) is 0.449. The van der Waals surface area contributed by atoms with Crippen LogP contribution in [0.4, 0.5) is 5.69 Å². The predicted molar refractivity (Wildman–Crippen MR) is 133 cm³/mol. The number of imide groups is 1. The Labute approximate surface area is 208 Å². The number of carbonyl (C=O) groups is 2. The van der Waals surface area contributed by atoms with Crippen molar-refractivity contribution in [2.45, 2.75) is 51.6 Å². The number of rotatable bonds is 8. The molecule has 0 bridgehead atoms. The summed E-state index contributed by atoms with van der Waals surface area (Å²) in [6.45, 7) is 2.42. The molecule has 10 heteroatoms. The molecule has 1 aliphatic heterocycles. The molecule has 5 heterocycles. The van der Waals surface area contributed by atoms with Crippen molar-refractivity contribution in [1.29, 1.82) is 0 Å². The summed E-state index contributed by atoms with van der Waals surface area (Å²) in [6.07, 6.45) is 14.5. The molecule has 36 heavy (non-hydrogen) atoms. The maximum Gasteiger partial charge on any atom is 0.233 e. The number of aromatic nitrogens is 6. The van der Waals surface area contributed by atoms with Crippen molar-refractivity contribution in [3.8, 4) is 11.3 Å². The van der Waals surface area contributed by atoms with E-state index < -0.39 is 0 Å². The van der Waals surface area contributed by atoms with Gasteiger partial charge in [-0.1, -0.05) is 17.7 Å². The largest absolute Gasteiger partial charge is 0.312 e. The molecule has 6 rings (SSSR count). The number of fused-ring (bicyclic) bond motifs is 1. The van der Waals surface area contributed by atoms with E-state index in [0.29, 0.717) is 42.8 Å². The third-order valence-corrected chi connectivity index (χ3v) is 6.97. The van der Waals surface area contributed by atoms with E-state index in [1.807, 2.05) is 22.9 Å². The lowest BCUT2D eigenvalue weighted by Gasteiger charge is -2.25. The molecule has 4 aromatic heterocycles. The highest BCUT2D eigenvalue weighted by Crippen LogP contribution is 2.26. The van der Waals surface area contributed by atoms with Crippen LogP contribution in [0.5, 0.6) is 0 Å². The van der Waals surface area contributed by atoms with Crippen LogP contribution < -0.4 is 10.2 Å². The van der Waals surface area contributed by atoms with E-state index in [1.54, 1.807) is 16.9 Å². The number of amides is 2. The monoisotopic (exact) mass is 484 g/mol. The molecule has 10 nitrogen and oxygen atoms in total. The zero-order chi connectivity index (χ0) is 24.5. The summed E-state index contributed by atoms with van der Waals surface area (Å²) in [4.78, 5) is 34.7. The van der Waals surface area contributed by atoms with Gasteiger partial charge < -0.3 is 9.72 Å². The number of nitrogens with zero attached hydrogens (tertiary/aromatic N) is 7. The first kappa shape index (κ1) is 22.5. The zero-order valence-electron chi connectivity index (χ0n) is 20.0. The van der Waals surface area contributed by atoms with Crippen molar-refractivity contribution in [1.82, 2.24) is 34.7 Å². The minimum atomic E-state index is -0.196. The van der Waals surface area contributed by atoms with Gasteiger partial charge in [-0.15, -0.1) is 5.10 Å². The molecule has 0 unspecified atom stereocenters. The molecule has 1 saturated heterocycles. The van der Waals surface area contributed by atoms with E-state index in [-0.39, 0.29) is 11.8 Å². The van der Waals surface area contributed by atoms with Gasteiger partial charge in [-0.2, -0.15) is 0 Å². The fourth-order valence-corrected chi connectivity index (χ4v) is 4.79. The van der Waals surface area contributed by atoms with Crippen LogP contribution >= 0.6 is 0 Å². The molecule has 0 atom stereocenters. The lowest BCUT2D eigenvalue weighted by molar-refractivity contribution is -0.129. The first-order valence-corrected chi connectivity index (χ1v) is 12.5. The van der Waals surface area contributed by atoms with E-state index in [0.717, 1.165) is 30.3 Å². The minimum absolute atomic E-state index is 0.196. The number of imidazole rings is 1. The van der Waals surface area contributed by atoms with Crippen LogP contribution in [-0.2, 0) is 22.7 Å². The normalized spacial score (nSPS) is 16.6. The van der Waals surface area contributed by atoms with Crippen LogP contribution in [0, 0.1) is 5.92 Å². The van der Waals surface area contributed by atoms with E-state index >= 15 is 0 Å². The van der Waals surface area contributed by atoms with E-state index in [9.17, 15) is 9.59 Å². The molecule has 0 aromatic carbocycles. The van der Waals surface area contributed by atoms with Gasteiger partial charge in [0.15, 0.2) is 0 Å². The SMILES string of the molecule is O=C1CCCC(=O)N1c1cncc(-c2cn(Cc3cn4cc(CNCC5CCC5)ccc4n3)nn2)c1. The lowest BCUT2D eigenvalue weighted by atomic mass is 9.85. The minimum Gasteiger partial charge on any atom is -0.312 e. The van der Waals surface area contributed by atoms with Crippen LogP contribution in [-0.4, -0.2) is 47.7 Å². The second-order valence-corrected chi connectivity index (χ2v) is 9.67. The summed E-state index contributed by atoms with van der Waals surface area (Å²) in [7, 11) is 0. The fourth-order valence-electron chi connectivity index (χ4n) is 4.79. The molecular weight excluding hydrogens is 456 g/mol. The number of pyridine rings is 2. The average molecular weight is 485 g/mol. The number of piperidine rings is 1. The third-order valence-electron chi connectivity index (χ3n) is 6.97. The number of nitrogens with one attached hydrogen (secondary N) is 1. The highest BCUT2D eigenvalue weighted by atomic mass is 16.2. The third kappa shape index (κ3) is 4.64. The standard InChI is InChI=1S/C26H28N8O2/c35-25-5-2-6-26(36)34(25)22-9-20(12-28-13-22)23-17-33(31-30-23)16-21-15-32-14-19(7-8-24(32)29-21)11-27-10-18-3-1-4-18/h7-9,12-15,17-18,27H,1-6,10-11,16H2. The van der Waals surface area contributed by atoms with Crippen LogP contribution in [0.2, 0.25) is 0 Å². The molecule has 2 fully saturated rings. The van der Waals surface area contributed by atoms with E-state index in [4.69, 9.17) is 4.98 Å². The van der Waals surface area contributed by atoms with Gasteiger partial charge in [-0.05, 0) is 49.4 Å². The number of hydrogen-bond acceptors (Lipinski definition) is 7. The topological polar surface area (TPSA) is 110 Å². The molecule has 1 saturated carbocycles. The Morgan fingerprint density at radius 2 is 1.86 bits per heavy atom. The van der Waals surface area contributed by atoms with Gasteiger partial charge in [0, 0.05) is 43.5 Å². The molecule has 4 aromatic rings. The summed E-state index contributed by atoms with van der Waals surface area (Å²) in [6, 6.07) is 5.91. The van der Waals surface area contributed by atoms with Gasteiger partial charge in [0.25, 0.3) is 0 Å². The second-order valence-electron chi connectivity index (χ2n) is 9.67. The van der Waals surface area contributed by atoms with Crippen molar-refractivity contribution in [2.24, 2.45) is 5.92 Å².